The Morgan fingerprint density at radius 2 is 2.17 bits per heavy atom. The van der Waals surface area contributed by atoms with E-state index in [9.17, 15) is 9.18 Å². The van der Waals surface area contributed by atoms with E-state index in [0.29, 0.717) is 39.7 Å². The molecule has 11 heteroatoms. The number of fused-ring (bicyclic) bond motifs is 1. The lowest BCUT2D eigenvalue weighted by atomic mass is 10.2. The van der Waals surface area contributed by atoms with Crippen molar-refractivity contribution in [2.75, 3.05) is 18.5 Å². The van der Waals surface area contributed by atoms with Crippen molar-refractivity contribution in [2.24, 2.45) is 0 Å². The largest absolute Gasteiger partial charge is 0.486 e. The average molecular weight is 448 g/mol. The quantitative estimate of drug-likeness (QED) is 0.398. The molecule has 154 valence electrons. The number of anilines is 1. The van der Waals surface area contributed by atoms with Gasteiger partial charge in [-0.25, -0.2) is 14.4 Å². The van der Waals surface area contributed by atoms with Crippen LogP contribution in [0, 0.1) is 5.82 Å². The number of halogens is 2. The highest BCUT2D eigenvalue weighted by Gasteiger charge is 2.14. The molecule has 0 saturated carbocycles. The van der Waals surface area contributed by atoms with Crippen LogP contribution in [0.1, 0.15) is 5.82 Å². The molecule has 3 aromatic heterocycles. The average Bonchev–Trinajstić information content (AvgIpc) is 3.21. The van der Waals surface area contributed by atoms with Crippen LogP contribution in [0.25, 0.3) is 22.3 Å². The minimum absolute atomic E-state index is 0.0129. The zero-order chi connectivity index (χ0) is 21.1. The number of nitrogens with one attached hydrogen (secondary N) is 2. The first-order valence-corrected chi connectivity index (χ1v) is 10.1. The molecule has 0 aliphatic rings. The van der Waals surface area contributed by atoms with Crippen molar-refractivity contribution in [1.29, 1.82) is 0 Å². The van der Waals surface area contributed by atoms with Crippen molar-refractivity contribution in [3.05, 3.63) is 62.9 Å². The van der Waals surface area contributed by atoms with Crippen molar-refractivity contribution in [3.8, 4) is 17.1 Å². The van der Waals surface area contributed by atoms with Crippen LogP contribution < -0.4 is 15.6 Å². The van der Waals surface area contributed by atoms with Gasteiger partial charge in [0.1, 0.15) is 40.9 Å². The fourth-order valence-corrected chi connectivity index (χ4v) is 3.61. The number of nitrogens with zero attached hydrogens (tertiary/aromatic N) is 3. The molecular weight excluding hydrogens is 433 g/mol. The summed E-state index contributed by atoms with van der Waals surface area (Å²) >= 11 is 7.12. The third-order valence-corrected chi connectivity index (χ3v) is 5.16. The highest BCUT2D eigenvalue weighted by molar-refractivity contribution is 7.14. The molecule has 3 heterocycles. The van der Waals surface area contributed by atoms with E-state index in [2.05, 4.69) is 25.3 Å². The van der Waals surface area contributed by atoms with Gasteiger partial charge in [0.25, 0.3) is 5.56 Å². The minimum Gasteiger partial charge on any atom is -0.486 e. The zero-order valence-corrected chi connectivity index (χ0v) is 16.9. The Bertz CT molecular complexity index is 1260. The summed E-state index contributed by atoms with van der Waals surface area (Å²) in [5.41, 5.74) is 1.06. The summed E-state index contributed by atoms with van der Waals surface area (Å²) in [6.07, 6.45) is 1.52. The van der Waals surface area contributed by atoms with E-state index < -0.39 is 5.82 Å². The monoisotopic (exact) mass is 447 g/mol. The van der Waals surface area contributed by atoms with Gasteiger partial charge in [-0.05, 0) is 18.2 Å². The summed E-state index contributed by atoms with van der Waals surface area (Å²) in [5.74, 6) is 0.0683. The number of aromatic nitrogens is 4. The third-order valence-electron chi connectivity index (χ3n) is 4.07. The number of pyridine rings is 1. The zero-order valence-electron chi connectivity index (χ0n) is 15.4. The second kappa shape index (κ2) is 8.74. The maximum absolute atomic E-state index is 13.3. The van der Waals surface area contributed by atoms with Crippen molar-refractivity contribution >= 4 is 39.0 Å². The van der Waals surface area contributed by atoms with Gasteiger partial charge < -0.3 is 20.1 Å². The minimum atomic E-state index is -0.548. The Kier molecular flexibility index (Phi) is 5.88. The molecule has 0 amide bonds. The molecule has 0 bridgehead atoms. The van der Waals surface area contributed by atoms with Gasteiger partial charge in [0, 0.05) is 24.2 Å². The first-order valence-electron chi connectivity index (χ1n) is 8.81. The number of aliphatic hydroxyl groups excluding tert-OH is 1. The molecule has 4 aromatic rings. The lowest BCUT2D eigenvalue weighted by Crippen LogP contribution is -2.14. The van der Waals surface area contributed by atoms with Gasteiger partial charge in [-0.3, -0.25) is 9.78 Å². The molecule has 3 N–H and O–H groups in total. The summed E-state index contributed by atoms with van der Waals surface area (Å²) in [7, 11) is 0. The molecule has 0 spiro atoms. The van der Waals surface area contributed by atoms with Crippen molar-refractivity contribution in [1.82, 2.24) is 19.9 Å². The van der Waals surface area contributed by atoms with Crippen LogP contribution in [0.4, 0.5) is 9.52 Å². The van der Waals surface area contributed by atoms with Gasteiger partial charge in [-0.1, -0.05) is 11.6 Å². The number of hydrogen-bond acceptors (Lipinski definition) is 8. The normalized spacial score (nSPS) is 11.0. The summed E-state index contributed by atoms with van der Waals surface area (Å²) in [4.78, 5) is 28.5. The van der Waals surface area contributed by atoms with Crippen molar-refractivity contribution in [2.45, 2.75) is 6.61 Å². The van der Waals surface area contributed by atoms with E-state index in [1.807, 2.05) is 0 Å². The van der Waals surface area contributed by atoms with Crippen LogP contribution in [0.5, 0.6) is 5.75 Å². The van der Waals surface area contributed by atoms with Crippen molar-refractivity contribution < 1.29 is 14.2 Å². The van der Waals surface area contributed by atoms with Crippen molar-refractivity contribution in [3.63, 3.8) is 0 Å². The molecule has 0 aliphatic carbocycles. The Labute approximate surface area is 178 Å². The molecule has 0 saturated heterocycles. The topological polar surface area (TPSA) is 113 Å². The van der Waals surface area contributed by atoms with Gasteiger partial charge in [0.05, 0.1) is 17.0 Å². The maximum Gasteiger partial charge on any atom is 0.258 e. The lowest BCUT2D eigenvalue weighted by Gasteiger charge is -2.08. The molecule has 0 fully saturated rings. The molecule has 0 radical (unpaired) electrons. The SMILES string of the molecule is O=c1[nH]c(COc2ccc(F)c(Cl)c2)nc2c(-c3csc(NCCO)n3)nccc12. The van der Waals surface area contributed by atoms with E-state index in [4.69, 9.17) is 21.4 Å². The summed E-state index contributed by atoms with van der Waals surface area (Å²) in [6, 6.07) is 5.55. The lowest BCUT2D eigenvalue weighted by molar-refractivity contribution is 0.295. The van der Waals surface area contributed by atoms with Gasteiger partial charge in [-0.2, -0.15) is 0 Å². The number of hydrogen-bond donors (Lipinski definition) is 3. The van der Waals surface area contributed by atoms with Crippen LogP contribution in [0.15, 0.2) is 40.6 Å². The Morgan fingerprint density at radius 3 is 2.97 bits per heavy atom. The second-order valence-electron chi connectivity index (χ2n) is 6.12. The van der Waals surface area contributed by atoms with Crippen LogP contribution in [-0.4, -0.2) is 38.2 Å². The standard InChI is InChI=1S/C19H15ClFN5O3S/c20-12-7-10(1-2-13(12)21)29-8-15-25-16-11(18(28)26-15)3-4-22-17(16)14-9-30-19(24-14)23-5-6-27/h1-4,7,9,27H,5-6,8H2,(H,23,24)(H,25,26,28). The predicted molar refractivity (Wildman–Crippen MR) is 113 cm³/mol. The molecular formula is C19H15ClFN5O3S. The first-order chi connectivity index (χ1) is 14.5. The number of aliphatic hydroxyl groups is 1. The fraction of sp³-hybridized carbons (Fsp3) is 0.158. The van der Waals surface area contributed by atoms with Gasteiger partial charge in [0.2, 0.25) is 0 Å². The van der Waals surface area contributed by atoms with Crippen LogP contribution >= 0.6 is 22.9 Å². The maximum atomic E-state index is 13.3. The Morgan fingerprint density at radius 1 is 1.30 bits per heavy atom. The van der Waals surface area contributed by atoms with Gasteiger partial charge in [0.15, 0.2) is 5.13 Å². The molecule has 30 heavy (non-hydrogen) atoms. The molecule has 8 nitrogen and oxygen atoms in total. The fourth-order valence-electron chi connectivity index (χ4n) is 2.71. The number of H-pyrrole nitrogens is 1. The molecule has 1 aromatic carbocycles. The highest BCUT2D eigenvalue weighted by atomic mass is 35.5. The Hall–Kier alpha value is -3.08. The Balaban J connectivity index is 1.66. The van der Waals surface area contributed by atoms with E-state index in [0.717, 1.165) is 0 Å². The first kappa shape index (κ1) is 20.2. The summed E-state index contributed by atoms with van der Waals surface area (Å²) in [6.45, 7) is 0.311. The smallest absolute Gasteiger partial charge is 0.258 e. The van der Waals surface area contributed by atoms with E-state index in [1.54, 1.807) is 11.4 Å². The van der Waals surface area contributed by atoms with E-state index in [-0.39, 0.29) is 29.6 Å². The third kappa shape index (κ3) is 4.25. The second-order valence-corrected chi connectivity index (χ2v) is 7.39. The summed E-state index contributed by atoms with van der Waals surface area (Å²) in [5, 5.41) is 14.6. The molecule has 0 atom stereocenters. The van der Waals surface area contributed by atoms with E-state index in [1.165, 1.54) is 35.7 Å². The van der Waals surface area contributed by atoms with Crippen LogP contribution in [0.3, 0.4) is 0 Å². The summed E-state index contributed by atoms with van der Waals surface area (Å²) < 4.78 is 18.9. The predicted octanol–water partition coefficient (Wildman–Crippen LogP) is 3.22. The van der Waals surface area contributed by atoms with Crippen LogP contribution in [-0.2, 0) is 6.61 Å². The number of thiazole rings is 1. The van der Waals surface area contributed by atoms with Gasteiger partial charge >= 0.3 is 0 Å². The van der Waals surface area contributed by atoms with Crippen LogP contribution in [0.2, 0.25) is 5.02 Å². The van der Waals surface area contributed by atoms with Gasteiger partial charge in [-0.15, -0.1) is 11.3 Å². The molecule has 4 rings (SSSR count). The number of aromatic amines is 1. The highest BCUT2D eigenvalue weighted by Crippen LogP contribution is 2.27. The molecule has 0 unspecified atom stereocenters. The molecule has 0 aliphatic heterocycles. The number of ether oxygens (including phenoxy) is 1. The number of rotatable bonds is 7. The number of benzene rings is 1. The van der Waals surface area contributed by atoms with E-state index >= 15 is 0 Å².